The molecule has 0 unspecified atom stereocenters. The molecule has 0 bridgehead atoms. The van der Waals surface area contributed by atoms with Crippen molar-refractivity contribution < 1.29 is 18.7 Å². The van der Waals surface area contributed by atoms with Gasteiger partial charge in [-0.25, -0.2) is 13.8 Å². The molecule has 0 atom stereocenters. The summed E-state index contributed by atoms with van der Waals surface area (Å²) in [6, 6.07) is 12.3. The van der Waals surface area contributed by atoms with Gasteiger partial charge in [0.2, 0.25) is 5.88 Å². The molecule has 1 heterocycles. The first-order valence-corrected chi connectivity index (χ1v) is 8.99. The van der Waals surface area contributed by atoms with Gasteiger partial charge in [0.1, 0.15) is 17.4 Å². The van der Waals surface area contributed by atoms with Gasteiger partial charge in [-0.05, 0) is 62.7 Å². The lowest BCUT2D eigenvalue weighted by molar-refractivity contribution is 0.234. The molecule has 0 saturated carbocycles. The summed E-state index contributed by atoms with van der Waals surface area (Å²) in [7, 11) is 0. The Balaban J connectivity index is 1.96. The Kier molecular flexibility index (Phi) is 6.19. The average Bonchev–Trinajstić information content (AvgIpc) is 2.68. The molecule has 150 valence electrons. The number of hydroxylamine groups is 1. The van der Waals surface area contributed by atoms with Crippen LogP contribution in [0.1, 0.15) is 27.9 Å². The minimum absolute atomic E-state index is 0.0286. The van der Waals surface area contributed by atoms with Crippen molar-refractivity contribution in [2.45, 2.75) is 27.3 Å². The van der Waals surface area contributed by atoms with Crippen LogP contribution in [0.5, 0.6) is 11.6 Å². The van der Waals surface area contributed by atoms with Crippen LogP contribution < -0.4 is 10.2 Å². The molecule has 0 spiro atoms. The van der Waals surface area contributed by atoms with Crippen molar-refractivity contribution in [3.63, 3.8) is 0 Å². The first-order chi connectivity index (χ1) is 13.9. The quantitative estimate of drug-likeness (QED) is 0.361. The van der Waals surface area contributed by atoms with Crippen molar-refractivity contribution in [3.05, 3.63) is 88.1 Å². The molecule has 3 rings (SSSR count). The molecule has 0 aliphatic heterocycles. The minimum Gasteiger partial charge on any atom is -0.438 e. The molecule has 1 aromatic heterocycles. The van der Waals surface area contributed by atoms with E-state index in [0.717, 1.165) is 29.3 Å². The molecule has 0 radical (unpaired) electrons. The smallest absolute Gasteiger partial charge is 0.230 e. The molecule has 0 aliphatic rings. The molecular weight excluding hydrogens is 376 g/mol. The van der Waals surface area contributed by atoms with Crippen LogP contribution in [0.15, 0.2) is 53.5 Å². The Labute approximate surface area is 167 Å². The molecule has 3 aromatic rings. The van der Waals surface area contributed by atoms with Gasteiger partial charge >= 0.3 is 0 Å². The molecule has 0 aliphatic carbocycles. The minimum atomic E-state index is -0.582. The third-order valence-electron chi connectivity index (χ3n) is 4.31. The number of aromatic nitrogens is 1. The van der Waals surface area contributed by atoms with Gasteiger partial charge in [-0.3, -0.25) is 15.7 Å². The molecule has 2 aromatic carbocycles. The number of rotatable bonds is 5. The van der Waals surface area contributed by atoms with Crippen molar-refractivity contribution in [1.29, 1.82) is 0 Å². The fourth-order valence-corrected chi connectivity index (χ4v) is 2.82. The summed E-state index contributed by atoms with van der Waals surface area (Å²) in [6.45, 7) is 5.54. The van der Waals surface area contributed by atoms with Crippen molar-refractivity contribution in [2.24, 2.45) is 4.99 Å². The second kappa shape index (κ2) is 8.79. The number of aliphatic imine (C=N–C) groups is 1. The van der Waals surface area contributed by atoms with Gasteiger partial charge in [-0.1, -0.05) is 17.7 Å². The molecular formula is C22H21F2N3O2. The summed E-state index contributed by atoms with van der Waals surface area (Å²) in [5.74, 6) is -0.270. The highest BCUT2D eigenvalue weighted by atomic mass is 19.1. The van der Waals surface area contributed by atoms with Gasteiger partial charge in [0.25, 0.3) is 0 Å². The van der Waals surface area contributed by atoms with Crippen molar-refractivity contribution >= 4 is 5.84 Å². The third kappa shape index (κ3) is 4.94. The van der Waals surface area contributed by atoms with Gasteiger partial charge in [-0.15, -0.1) is 0 Å². The van der Waals surface area contributed by atoms with Crippen LogP contribution in [0, 0.1) is 32.4 Å². The fourth-order valence-electron chi connectivity index (χ4n) is 2.82. The zero-order chi connectivity index (χ0) is 21.0. The van der Waals surface area contributed by atoms with Crippen molar-refractivity contribution in [2.75, 3.05) is 0 Å². The Bertz CT molecular complexity index is 1070. The maximum Gasteiger partial charge on any atom is 0.230 e. The van der Waals surface area contributed by atoms with Crippen LogP contribution in [0.4, 0.5) is 8.78 Å². The van der Waals surface area contributed by atoms with Gasteiger partial charge in [0.05, 0.1) is 12.1 Å². The summed E-state index contributed by atoms with van der Waals surface area (Å²) >= 11 is 0. The van der Waals surface area contributed by atoms with E-state index >= 15 is 0 Å². The number of nitrogens with zero attached hydrogens (tertiary/aromatic N) is 2. The number of nitrogens with one attached hydrogen (secondary N) is 1. The van der Waals surface area contributed by atoms with Gasteiger partial charge in [0.15, 0.2) is 5.84 Å². The predicted octanol–water partition coefficient (Wildman–Crippen LogP) is 5.00. The highest BCUT2D eigenvalue weighted by Crippen LogP contribution is 2.27. The van der Waals surface area contributed by atoms with E-state index in [1.807, 2.05) is 44.5 Å². The van der Waals surface area contributed by atoms with E-state index in [2.05, 4.69) is 9.98 Å². The molecule has 0 saturated heterocycles. The largest absolute Gasteiger partial charge is 0.438 e. The van der Waals surface area contributed by atoms with E-state index in [4.69, 9.17) is 4.74 Å². The summed E-state index contributed by atoms with van der Waals surface area (Å²) in [5.41, 5.74) is 5.19. The lowest BCUT2D eigenvalue weighted by atomic mass is 10.1. The summed E-state index contributed by atoms with van der Waals surface area (Å²) in [4.78, 5) is 8.58. The van der Waals surface area contributed by atoms with E-state index in [0.29, 0.717) is 17.0 Å². The molecule has 5 nitrogen and oxygen atoms in total. The monoisotopic (exact) mass is 397 g/mol. The van der Waals surface area contributed by atoms with Crippen LogP contribution in [-0.2, 0) is 6.54 Å². The van der Waals surface area contributed by atoms with Gasteiger partial charge in [0, 0.05) is 11.3 Å². The molecule has 7 heteroatoms. The Morgan fingerprint density at radius 3 is 2.59 bits per heavy atom. The summed E-state index contributed by atoms with van der Waals surface area (Å²) in [5, 5.41) is 9.60. The number of pyridine rings is 1. The van der Waals surface area contributed by atoms with E-state index in [1.54, 1.807) is 12.1 Å². The number of halogens is 2. The van der Waals surface area contributed by atoms with E-state index < -0.39 is 11.6 Å². The summed E-state index contributed by atoms with van der Waals surface area (Å²) < 4.78 is 33.2. The second-order valence-electron chi connectivity index (χ2n) is 6.69. The zero-order valence-corrected chi connectivity index (χ0v) is 16.3. The summed E-state index contributed by atoms with van der Waals surface area (Å²) in [6.07, 6.45) is 0. The molecule has 0 fully saturated rings. The lowest BCUT2D eigenvalue weighted by Gasteiger charge is -2.14. The van der Waals surface area contributed by atoms with Crippen molar-refractivity contribution in [1.82, 2.24) is 10.5 Å². The third-order valence-corrected chi connectivity index (χ3v) is 4.31. The van der Waals surface area contributed by atoms with E-state index in [1.165, 1.54) is 0 Å². The Morgan fingerprint density at radius 2 is 1.86 bits per heavy atom. The lowest BCUT2D eigenvalue weighted by Crippen LogP contribution is -2.22. The first kappa shape index (κ1) is 20.4. The topological polar surface area (TPSA) is 66.7 Å². The molecule has 0 amide bonds. The van der Waals surface area contributed by atoms with Crippen LogP contribution in [-0.4, -0.2) is 16.0 Å². The standard InChI is InChI=1S/C22H21F2N3O2/c1-13-4-9-20(14(2)10-13)29-22-18(7-5-15(3)26-22)21(27-28)25-12-16-11-17(23)6-8-19(16)24/h4-11,28H,12H2,1-3H3,(H,25,27). The van der Waals surface area contributed by atoms with Crippen LogP contribution in [0.3, 0.4) is 0 Å². The normalized spacial score (nSPS) is 11.4. The maximum atomic E-state index is 13.9. The number of amidine groups is 1. The number of aryl methyl sites for hydroxylation is 3. The Hall–Kier alpha value is -3.32. The number of benzene rings is 2. The van der Waals surface area contributed by atoms with E-state index in [9.17, 15) is 14.0 Å². The van der Waals surface area contributed by atoms with Crippen LogP contribution >= 0.6 is 0 Å². The maximum absolute atomic E-state index is 13.9. The average molecular weight is 397 g/mol. The second-order valence-corrected chi connectivity index (χ2v) is 6.69. The van der Waals surface area contributed by atoms with Crippen LogP contribution in [0.2, 0.25) is 0 Å². The zero-order valence-electron chi connectivity index (χ0n) is 16.3. The van der Waals surface area contributed by atoms with Crippen molar-refractivity contribution in [3.8, 4) is 11.6 Å². The first-order valence-electron chi connectivity index (χ1n) is 8.99. The molecule has 2 N–H and O–H groups in total. The van der Waals surface area contributed by atoms with Crippen LogP contribution in [0.25, 0.3) is 0 Å². The van der Waals surface area contributed by atoms with Gasteiger partial charge in [-0.2, -0.15) is 0 Å². The molecule has 29 heavy (non-hydrogen) atoms. The highest BCUT2D eigenvalue weighted by Gasteiger charge is 2.15. The number of hydrogen-bond acceptors (Lipinski definition) is 4. The van der Waals surface area contributed by atoms with E-state index in [-0.39, 0.29) is 23.8 Å². The Morgan fingerprint density at radius 1 is 1.07 bits per heavy atom. The highest BCUT2D eigenvalue weighted by molar-refractivity contribution is 6.00. The van der Waals surface area contributed by atoms with Gasteiger partial charge < -0.3 is 4.74 Å². The number of hydrogen-bond donors (Lipinski definition) is 2. The fraction of sp³-hybridized carbons (Fsp3) is 0.182. The predicted molar refractivity (Wildman–Crippen MR) is 106 cm³/mol. The number of ether oxygens (including phenoxy) is 1. The SMILES string of the molecule is Cc1ccc(Oc2nc(C)ccc2C(=NCc2cc(F)ccc2F)NO)c(C)c1.